The van der Waals surface area contributed by atoms with Crippen LogP contribution in [0.3, 0.4) is 0 Å². The highest BCUT2D eigenvalue weighted by molar-refractivity contribution is 5.94. The van der Waals surface area contributed by atoms with E-state index >= 15 is 0 Å². The quantitative estimate of drug-likeness (QED) is 0.754. The van der Waals surface area contributed by atoms with Gasteiger partial charge in [0.2, 0.25) is 0 Å². The normalized spacial score (nSPS) is 17.3. The second-order valence-corrected chi connectivity index (χ2v) is 7.16. The number of hydrogen-bond acceptors (Lipinski definition) is 2. The van der Waals surface area contributed by atoms with Crippen LogP contribution in [-0.2, 0) is 7.05 Å². The molecule has 1 fully saturated rings. The van der Waals surface area contributed by atoms with Crippen LogP contribution in [0, 0.1) is 12.7 Å². The number of aryl methyl sites for hydroxylation is 2. The van der Waals surface area contributed by atoms with Gasteiger partial charge in [-0.3, -0.25) is 4.79 Å². The van der Waals surface area contributed by atoms with Crippen LogP contribution in [0.4, 0.5) is 4.39 Å². The number of nitrogens with one attached hydrogen (secondary N) is 1. The zero-order chi connectivity index (χ0) is 19.0. The highest BCUT2D eigenvalue weighted by atomic mass is 19.1. The van der Waals surface area contributed by atoms with E-state index < -0.39 is 0 Å². The van der Waals surface area contributed by atoms with Crippen molar-refractivity contribution in [2.75, 3.05) is 6.54 Å². The van der Waals surface area contributed by atoms with Crippen molar-refractivity contribution in [2.45, 2.75) is 32.2 Å². The van der Waals surface area contributed by atoms with Crippen LogP contribution in [0.15, 0.2) is 42.7 Å². The first-order valence-corrected chi connectivity index (χ1v) is 9.28. The molecule has 4 rings (SSSR count). The van der Waals surface area contributed by atoms with E-state index in [0.29, 0.717) is 6.54 Å². The Hall–Kier alpha value is -2.89. The number of aromatic amines is 1. The van der Waals surface area contributed by atoms with E-state index in [1.807, 2.05) is 41.8 Å². The van der Waals surface area contributed by atoms with Crippen molar-refractivity contribution in [2.24, 2.45) is 7.05 Å². The molecule has 0 radical (unpaired) electrons. The van der Waals surface area contributed by atoms with Crippen LogP contribution < -0.4 is 0 Å². The lowest BCUT2D eigenvalue weighted by Crippen LogP contribution is -2.40. The predicted octanol–water partition coefficient (Wildman–Crippen LogP) is 4.23. The number of rotatable bonds is 3. The maximum absolute atomic E-state index is 13.5. The van der Waals surface area contributed by atoms with Crippen molar-refractivity contribution in [3.8, 4) is 11.3 Å². The van der Waals surface area contributed by atoms with Crippen LogP contribution in [0.1, 0.15) is 47.2 Å². The smallest absolute Gasteiger partial charge is 0.271 e. The average Bonchev–Trinajstić information content (AvgIpc) is 3.28. The molecule has 2 aromatic heterocycles. The molecule has 0 bridgehead atoms. The fraction of sp³-hybridized carbons (Fsp3) is 0.333. The fourth-order valence-electron chi connectivity index (χ4n) is 3.88. The highest BCUT2D eigenvalue weighted by Gasteiger charge is 2.32. The Morgan fingerprint density at radius 3 is 2.89 bits per heavy atom. The molecule has 1 N–H and O–H groups in total. The fourth-order valence-corrected chi connectivity index (χ4v) is 3.88. The molecule has 0 aliphatic carbocycles. The summed E-state index contributed by atoms with van der Waals surface area (Å²) in [6.45, 7) is 2.67. The molecular formula is C21H23FN4O. The molecule has 0 saturated carbocycles. The summed E-state index contributed by atoms with van der Waals surface area (Å²) < 4.78 is 15.4. The van der Waals surface area contributed by atoms with Crippen LogP contribution >= 0.6 is 0 Å². The summed E-state index contributed by atoms with van der Waals surface area (Å²) in [6, 6.07) is 8.29. The van der Waals surface area contributed by atoms with Crippen molar-refractivity contribution < 1.29 is 9.18 Å². The van der Waals surface area contributed by atoms with Crippen LogP contribution in [0.25, 0.3) is 11.3 Å². The topological polar surface area (TPSA) is 53.9 Å². The van der Waals surface area contributed by atoms with Gasteiger partial charge in [-0.15, -0.1) is 0 Å². The van der Waals surface area contributed by atoms with Gasteiger partial charge >= 0.3 is 0 Å². The third-order valence-electron chi connectivity index (χ3n) is 5.29. The Balaban J connectivity index is 1.64. The number of piperidine rings is 1. The van der Waals surface area contributed by atoms with Crippen LogP contribution in [0.5, 0.6) is 0 Å². The number of carbonyl (C=O) groups excluding carboxylic acids is 1. The molecule has 1 aliphatic heterocycles. The van der Waals surface area contributed by atoms with Crippen molar-refractivity contribution in [3.63, 3.8) is 0 Å². The Morgan fingerprint density at radius 2 is 2.15 bits per heavy atom. The van der Waals surface area contributed by atoms with E-state index in [4.69, 9.17) is 0 Å². The van der Waals surface area contributed by atoms with Crippen molar-refractivity contribution in [1.82, 2.24) is 19.4 Å². The molecule has 140 valence electrons. The van der Waals surface area contributed by atoms with Gasteiger partial charge in [-0.25, -0.2) is 9.37 Å². The molecule has 27 heavy (non-hydrogen) atoms. The summed E-state index contributed by atoms with van der Waals surface area (Å²) >= 11 is 0. The van der Waals surface area contributed by atoms with Crippen molar-refractivity contribution in [3.05, 3.63) is 65.6 Å². The standard InChI is InChI=1S/C21H23FN4O/c1-14-9-11-25(2)19(14)21(27)26-10-4-3-8-18(26)20-23-13-17(24-20)15-6-5-7-16(22)12-15/h5-7,9,11-13,18H,3-4,8,10H2,1-2H3,(H,23,24). The molecule has 1 unspecified atom stereocenters. The number of aromatic nitrogens is 3. The first-order chi connectivity index (χ1) is 13.0. The number of nitrogens with zero attached hydrogens (tertiary/aromatic N) is 3. The summed E-state index contributed by atoms with van der Waals surface area (Å²) in [5, 5.41) is 0. The van der Waals surface area contributed by atoms with Gasteiger partial charge < -0.3 is 14.5 Å². The summed E-state index contributed by atoms with van der Waals surface area (Å²) in [7, 11) is 1.90. The van der Waals surface area contributed by atoms with E-state index in [9.17, 15) is 9.18 Å². The number of amides is 1. The second kappa shape index (κ2) is 7.02. The molecule has 0 spiro atoms. The minimum absolute atomic E-state index is 0.0356. The molecule has 3 aromatic rings. The lowest BCUT2D eigenvalue weighted by molar-refractivity contribution is 0.0590. The predicted molar refractivity (Wildman–Crippen MR) is 102 cm³/mol. The number of likely N-dealkylation sites (tertiary alicyclic amines) is 1. The van der Waals surface area contributed by atoms with Gasteiger partial charge in [-0.05, 0) is 49.9 Å². The third kappa shape index (κ3) is 3.27. The second-order valence-electron chi connectivity index (χ2n) is 7.16. The van der Waals surface area contributed by atoms with Gasteiger partial charge in [-0.2, -0.15) is 0 Å². The summed E-state index contributed by atoms with van der Waals surface area (Å²) in [4.78, 5) is 23.0. The Labute approximate surface area is 157 Å². The summed E-state index contributed by atoms with van der Waals surface area (Å²) in [6.07, 6.45) is 6.54. The molecular weight excluding hydrogens is 343 g/mol. The molecule has 1 amide bonds. The third-order valence-corrected chi connectivity index (χ3v) is 5.29. The minimum Gasteiger partial charge on any atom is -0.346 e. The van der Waals surface area contributed by atoms with Crippen molar-refractivity contribution in [1.29, 1.82) is 0 Å². The first-order valence-electron chi connectivity index (χ1n) is 9.28. The molecule has 1 atom stereocenters. The number of imidazole rings is 1. The Morgan fingerprint density at radius 1 is 1.30 bits per heavy atom. The number of hydrogen-bond donors (Lipinski definition) is 1. The zero-order valence-corrected chi connectivity index (χ0v) is 15.6. The monoisotopic (exact) mass is 366 g/mol. The molecule has 3 heterocycles. The van der Waals surface area contributed by atoms with E-state index in [1.54, 1.807) is 12.3 Å². The number of H-pyrrole nitrogens is 1. The van der Waals surface area contributed by atoms with Crippen molar-refractivity contribution >= 4 is 5.91 Å². The summed E-state index contributed by atoms with van der Waals surface area (Å²) in [5.41, 5.74) is 3.21. The van der Waals surface area contributed by atoms with Gasteiger partial charge in [-0.1, -0.05) is 12.1 Å². The van der Waals surface area contributed by atoms with Crippen LogP contribution in [0.2, 0.25) is 0 Å². The van der Waals surface area contributed by atoms with Gasteiger partial charge in [0.15, 0.2) is 0 Å². The molecule has 1 aromatic carbocycles. The maximum Gasteiger partial charge on any atom is 0.271 e. The maximum atomic E-state index is 13.5. The van der Waals surface area contributed by atoms with E-state index in [1.165, 1.54) is 12.1 Å². The Bertz CT molecular complexity index is 955. The van der Waals surface area contributed by atoms with Gasteiger partial charge in [0.05, 0.1) is 17.9 Å². The average molecular weight is 366 g/mol. The lowest BCUT2D eigenvalue weighted by Gasteiger charge is -2.34. The summed E-state index contributed by atoms with van der Waals surface area (Å²) in [5.74, 6) is 0.514. The SMILES string of the molecule is Cc1ccn(C)c1C(=O)N1CCCCC1c1ncc(-c2cccc(F)c2)[nH]1. The van der Waals surface area contributed by atoms with Gasteiger partial charge in [0, 0.05) is 25.4 Å². The largest absolute Gasteiger partial charge is 0.346 e. The number of carbonyl (C=O) groups is 1. The molecule has 1 aliphatic rings. The molecule has 6 heteroatoms. The first kappa shape index (κ1) is 17.5. The van der Waals surface area contributed by atoms with Crippen LogP contribution in [-0.4, -0.2) is 31.9 Å². The van der Waals surface area contributed by atoms with E-state index in [0.717, 1.165) is 47.6 Å². The highest BCUT2D eigenvalue weighted by Crippen LogP contribution is 2.32. The lowest BCUT2D eigenvalue weighted by atomic mass is 10.0. The number of benzene rings is 1. The molecule has 1 saturated heterocycles. The Kier molecular flexibility index (Phi) is 4.56. The zero-order valence-electron chi connectivity index (χ0n) is 15.6. The molecule has 5 nitrogen and oxygen atoms in total. The van der Waals surface area contributed by atoms with Gasteiger partial charge in [0.1, 0.15) is 17.3 Å². The van der Waals surface area contributed by atoms with Gasteiger partial charge in [0.25, 0.3) is 5.91 Å². The van der Waals surface area contributed by atoms with E-state index in [-0.39, 0.29) is 17.8 Å². The minimum atomic E-state index is -0.280. The van der Waals surface area contributed by atoms with E-state index in [2.05, 4.69) is 9.97 Å². The number of halogens is 1.